The Kier molecular flexibility index (Phi) is 5.12. The van der Waals surface area contributed by atoms with Crippen LogP contribution in [0.15, 0.2) is 12.1 Å². The number of benzene rings is 1. The highest BCUT2D eigenvalue weighted by Crippen LogP contribution is 2.18. The number of primary amides is 1. The molecule has 20 heavy (non-hydrogen) atoms. The van der Waals surface area contributed by atoms with E-state index in [1.807, 2.05) is 0 Å². The Morgan fingerprint density at radius 2 is 1.80 bits per heavy atom. The maximum Gasteiger partial charge on any atom is 0.264 e. The maximum absolute atomic E-state index is 13.4. The molecular weight excluding hydrogens is 299 g/mol. The maximum atomic E-state index is 13.4. The van der Waals surface area contributed by atoms with Gasteiger partial charge in [-0.2, -0.15) is 8.42 Å². The van der Waals surface area contributed by atoms with Crippen LogP contribution in [-0.4, -0.2) is 26.7 Å². The van der Waals surface area contributed by atoms with Crippen molar-refractivity contribution in [2.45, 2.75) is 18.9 Å². The van der Waals surface area contributed by atoms with Crippen molar-refractivity contribution >= 4 is 16.0 Å². The lowest BCUT2D eigenvalue weighted by atomic mass is 10.0. The van der Waals surface area contributed by atoms with Crippen LogP contribution in [0.3, 0.4) is 0 Å². The fourth-order valence-corrected chi connectivity index (χ4v) is 2.21. The number of rotatable bonds is 6. The molecule has 1 amide bonds. The van der Waals surface area contributed by atoms with Crippen LogP contribution < -0.4 is 5.73 Å². The minimum atomic E-state index is -3.92. The zero-order valence-corrected chi connectivity index (χ0v) is 11.2. The second-order valence-electron chi connectivity index (χ2n) is 4.15. The van der Waals surface area contributed by atoms with Gasteiger partial charge in [0.1, 0.15) is 5.82 Å². The third-order valence-electron chi connectivity index (χ3n) is 2.28. The number of hydrogen-bond acceptors (Lipinski definition) is 4. The molecule has 0 radical (unpaired) electrons. The quantitative estimate of drug-likeness (QED) is 0.624. The predicted molar refractivity (Wildman–Crippen MR) is 63.5 cm³/mol. The van der Waals surface area contributed by atoms with E-state index in [0.29, 0.717) is 12.1 Å². The van der Waals surface area contributed by atoms with Crippen molar-refractivity contribution in [1.82, 2.24) is 0 Å². The Hall–Kier alpha value is -1.61. The largest absolute Gasteiger partial charge is 0.370 e. The van der Waals surface area contributed by atoms with E-state index in [4.69, 9.17) is 5.73 Å². The van der Waals surface area contributed by atoms with Gasteiger partial charge in [-0.15, -0.1) is 0 Å². The van der Waals surface area contributed by atoms with Gasteiger partial charge >= 0.3 is 0 Å². The number of nitrogens with two attached hydrogens (primary N) is 1. The standard InChI is InChI=1S/C11H12F3NO4S/c1-20(17,18)19-7(4-11(15)16)2-6-3-9(13)10(14)5-8(6)12/h3,5,7H,2,4H2,1H3,(H2,15,16)/t7-/m0/s1. The lowest BCUT2D eigenvalue weighted by molar-refractivity contribution is -0.119. The van der Waals surface area contributed by atoms with Crippen LogP contribution >= 0.6 is 0 Å². The summed E-state index contributed by atoms with van der Waals surface area (Å²) in [5.74, 6) is -4.61. The van der Waals surface area contributed by atoms with E-state index < -0.39 is 52.4 Å². The molecule has 0 fully saturated rings. The molecular formula is C11H12F3NO4S. The van der Waals surface area contributed by atoms with Crippen LogP contribution in [0.1, 0.15) is 12.0 Å². The number of carbonyl (C=O) groups is 1. The summed E-state index contributed by atoms with van der Waals surface area (Å²) in [6, 6.07) is 0.900. The molecule has 0 aliphatic rings. The van der Waals surface area contributed by atoms with Gasteiger partial charge in [0.25, 0.3) is 10.1 Å². The Morgan fingerprint density at radius 3 is 2.30 bits per heavy atom. The average Bonchev–Trinajstić information content (AvgIpc) is 2.22. The molecule has 1 aromatic carbocycles. The van der Waals surface area contributed by atoms with Crippen LogP contribution in [0.5, 0.6) is 0 Å². The minimum absolute atomic E-state index is 0.321. The molecule has 1 rings (SSSR count). The highest BCUT2D eigenvalue weighted by molar-refractivity contribution is 7.86. The highest BCUT2D eigenvalue weighted by Gasteiger charge is 2.21. The number of carbonyl (C=O) groups excluding carboxylic acids is 1. The zero-order valence-electron chi connectivity index (χ0n) is 10.4. The first-order chi connectivity index (χ1) is 9.08. The Morgan fingerprint density at radius 1 is 1.25 bits per heavy atom. The van der Waals surface area contributed by atoms with E-state index in [0.717, 1.165) is 6.26 Å². The molecule has 0 spiro atoms. The van der Waals surface area contributed by atoms with Gasteiger partial charge in [-0.05, 0) is 11.6 Å². The molecule has 0 bridgehead atoms. The van der Waals surface area contributed by atoms with Crippen molar-refractivity contribution in [3.63, 3.8) is 0 Å². The molecule has 0 unspecified atom stereocenters. The van der Waals surface area contributed by atoms with E-state index in [2.05, 4.69) is 4.18 Å². The molecule has 112 valence electrons. The van der Waals surface area contributed by atoms with Gasteiger partial charge < -0.3 is 5.73 Å². The zero-order chi connectivity index (χ0) is 15.5. The molecule has 0 aliphatic heterocycles. The van der Waals surface area contributed by atoms with Crippen molar-refractivity contribution in [3.05, 3.63) is 35.1 Å². The molecule has 1 aromatic rings. The van der Waals surface area contributed by atoms with E-state index >= 15 is 0 Å². The first-order valence-electron chi connectivity index (χ1n) is 5.38. The molecule has 2 N–H and O–H groups in total. The molecule has 9 heteroatoms. The highest BCUT2D eigenvalue weighted by atomic mass is 32.2. The number of hydrogen-bond donors (Lipinski definition) is 1. The molecule has 0 saturated heterocycles. The molecule has 5 nitrogen and oxygen atoms in total. The SMILES string of the molecule is CS(=O)(=O)O[C@H](CC(N)=O)Cc1cc(F)c(F)cc1F. The number of halogens is 3. The summed E-state index contributed by atoms with van der Waals surface area (Å²) in [5, 5.41) is 0. The van der Waals surface area contributed by atoms with Gasteiger partial charge in [0, 0.05) is 12.5 Å². The summed E-state index contributed by atoms with van der Waals surface area (Å²) < 4.78 is 65.8. The molecule has 0 heterocycles. The smallest absolute Gasteiger partial charge is 0.264 e. The van der Waals surface area contributed by atoms with Crippen LogP contribution in [0, 0.1) is 17.5 Å². The van der Waals surface area contributed by atoms with Gasteiger partial charge in [-0.3, -0.25) is 8.98 Å². The van der Waals surface area contributed by atoms with Crippen LogP contribution in [0.25, 0.3) is 0 Å². The third-order valence-corrected chi connectivity index (χ3v) is 2.90. The van der Waals surface area contributed by atoms with Crippen LogP contribution in [0.2, 0.25) is 0 Å². The predicted octanol–water partition coefficient (Wildman–Crippen LogP) is 0.867. The second-order valence-corrected chi connectivity index (χ2v) is 5.76. The Labute approximate surface area is 113 Å². The summed E-state index contributed by atoms with van der Waals surface area (Å²) in [5.41, 5.74) is 4.60. The second kappa shape index (κ2) is 6.23. The van der Waals surface area contributed by atoms with Crippen LogP contribution in [0.4, 0.5) is 13.2 Å². The van der Waals surface area contributed by atoms with E-state index in [1.165, 1.54) is 0 Å². The normalized spacial score (nSPS) is 13.2. The van der Waals surface area contributed by atoms with Gasteiger partial charge in [0.05, 0.1) is 18.8 Å². The lowest BCUT2D eigenvalue weighted by Gasteiger charge is -2.15. The minimum Gasteiger partial charge on any atom is -0.370 e. The Bertz CT molecular complexity index is 618. The van der Waals surface area contributed by atoms with Crippen molar-refractivity contribution in [3.8, 4) is 0 Å². The van der Waals surface area contributed by atoms with Crippen LogP contribution in [-0.2, 0) is 25.5 Å². The summed E-state index contributed by atoms with van der Waals surface area (Å²) in [6.07, 6.45) is -1.51. The van der Waals surface area contributed by atoms with Crippen molar-refractivity contribution in [2.24, 2.45) is 5.73 Å². The summed E-state index contributed by atoms with van der Waals surface area (Å²) in [6.45, 7) is 0. The first-order valence-corrected chi connectivity index (χ1v) is 7.20. The molecule has 1 atom stereocenters. The summed E-state index contributed by atoms with van der Waals surface area (Å²) in [7, 11) is -3.92. The molecule has 0 saturated carbocycles. The third kappa shape index (κ3) is 5.17. The van der Waals surface area contributed by atoms with Gasteiger partial charge in [-0.25, -0.2) is 13.2 Å². The van der Waals surface area contributed by atoms with E-state index in [-0.39, 0.29) is 5.56 Å². The lowest BCUT2D eigenvalue weighted by Crippen LogP contribution is -2.27. The van der Waals surface area contributed by atoms with Gasteiger partial charge in [0.2, 0.25) is 5.91 Å². The summed E-state index contributed by atoms with van der Waals surface area (Å²) in [4.78, 5) is 10.8. The van der Waals surface area contributed by atoms with E-state index in [9.17, 15) is 26.4 Å². The Balaban J connectivity index is 3.00. The summed E-state index contributed by atoms with van der Waals surface area (Å²) >= 11 is 0. The fourth-order valence-electron chi connectivity index (χ4n) is 1.58. The molecule has 0 aromatic heterocycles. The fraction of sp³-hybridized carbons (Fsp3) is 0.364. The van der Waals surface area contributed by atoms with E-state index in [1.54, 1.807) is 0 Å². The van der Waals surface area contributed by atoms with Crippen molar-refractivity contribution in [2.75, 3.05) is 6.26 Å². The topological polar surface area (TPSA) is 86.5 Å². The monoisotopic (exact) mass is 311 g/mol. The van der Waals surface area contributed by atoms with Crippen molar-refractivity contribution < 1.29 is 30.6 Å². The number of amides is 1. The molecule has 0 aliphatic carbocycles. The van der Waals surface area contributed by atoms with Crippen molar-refractivity contribution in [1.29, 1.82) is 0 Å². The average molecular weight is 311 g/mol. The van der Waals surface area contributed by atoms with Gasteiger partial charge in [-0.1, -0.05) is 0 Å². The van der Waals surface area contributed by atoms with Gasteiger partial charge in [0.15, 0.2) is 11.6 Å². The first kappa shape index (κ1) is 16.4.